The molecule has 0 aromatic rings. The monoisotopic (exact) mass is 228 g/mol. The molecule has 0 amide bonds. The van der Waals surface area contributed by atoms with Crippen molar-refractivity contribution >= 4 is 5.97 Å². The van der Waals surface area contributed by atoms with Gasteiger partial charge in [0.15, 0.2) is 0 Å². The highest BCUT2D eigenvalue weighted by Crippen LogP contribution is 2.18. The minimum atomic E-state index is -0.324. The molecule has 0 aliphatic rings. The lowest BCUT2D eigenvalue weighted by Crippen LogP contribution is -2.18. The normalized spacial score (nSPS) is 14.2. The molecule has 3 heteroatoms. The van der Waals surface area contributed by atoms with Gasteiger partial charge in [0.05, 0.1) is 6.61 Å². The van der Waals surface area contributed by atoms with Gasteiger partial charge in [-0.05, 0) is 25.2 Å². The summed E-state index contributed by atoms with van der Waals surface area (Å²) < 4.78 is 5.13. The first-order valence-corrected chi connectivity index (χ1v) is 5.98. The van der Waals surface area contributed by atoms with Crippen molar-refractivity contribution in [2.75, 3.05) is 13.2 Å². The van der Waals surface area contributed by atoms with Crippen LogP contribution in [0.2, 0.25) is 0 Å². The SMILES string of the molecule is C=C(C)C(=O)OCC(CC)CC(CC)CO. The zero-order valence-corrected chi connectivity index (χ0v) is 10.7. The molecule has 0 bridgehead atoms. The molecule has 0 aliphatic carbocycles. The molecule has 94 valence electrons. The predicted octanol–water partition coefficient (Wildman–Crippen LogP) is 2.54. The van der Waals surface area contributed by atoms with E-state index in [1.807, 2.05) is 0 Å². The van der Waals surface area contributed by atoms with Crippen LogP contribution in [0.15, 0.2) is 12.2 Å². The lowest BCUT2D eigenvalue weighted by molar-refractivity contribution is -0.140. The van der Waals surface area contributed by atoms with Gasteiger partial charge in [0, 0.05) is 12.2 Å². The molecule has 0 saturated heterocycles. The fourth-order valence-corrected chi connectivity index (χ4v) is 1.51. The van der Waals surface area contributed by atoms with Crippen LogP contribution >= 0.6 is 0 Å². The second-order valence-corrected chi connectivity index (χ2v) is 4.35. The number of ether oxygens (including phenoxy) is 1. The van der Waals surface area contributed by atoms with Crippen LogP contribution < -0.4 is 0 Å². The standard InChI is InChI=1S/C13H24O3/c1-5-11(8-14)7-12(6-2)9-16-13(15)10(3)4/h11-12,14H,3,5-9H2,1-2,4H3. The van der Waals surface area contributed by atoms with Gasteiger partial charge >= 0.3 is 5.97 Å². The molecule has 1 N–H and O–H groups in total. The third-order valence-electron chi connectivity index (χ3n) is 2.88. The quantitative estimate of drug-likeness (QED) is 0.513. The number of carbonyl (C=O) groups is 1. The van der Waals surface area contributed by atoms with E-state index in [-0.39, 0.29) is 12.6 Å². The summed E-state index contributed by atoms with van der Waals surface area (Å²) in [6.07, 6.45) is 2.83. The van der Waals surface area contributed by atoms with Crippen LogP contribution in [-0.4, -0.2) is 24.3 Å². The van der Waals surface area contributed by atoms with Crippen molar-refractivity contribution in [2.24, 2.45) is 11.8 Å². The van der Waals surface area contributed by atoms with Crippen molar-refractivity contribution in [3.8, 4) is 0 Å². The molecule has 0 radical (unpaired) electrons. The van der Waals surface area contributed by atoms with Crippen molar-refractivity contribution in [3.05, 3.63) is 12.2 Å². The molecule has 0 saturated carbocycles. The topological polar surface area (TPSA) is 46.5 Å². The van der Waals surface area contributed by atoms with E-state index in [1.165, 1.54) is 0 Å². The zero-order valence-electron chi connectivity index (χ0n) is 10.7. The first kappa shape index (κ1) is 15.2. The van der Waals surface area contributed by atoms with Crippen molar-refractivity contribution in [1.29, 1.82) is 0 Å². The van der Waals surface area contributed by atoms with Gasteiger partial charge < -0.3 is 9.84 Å². The zero-order chi connectivity index (χ0) is 12.6. The van der Waals surface area contributed by atoms with Gasteiger partial charge in [0.2, 0.25) is 0 Å². The van der Waals surface area contributed by atoms with E-state index in [2.05, 4.69) is 20.4 Å². The maximum atomic E-state index is 11.2. The first-order chi connectivity index (χ1) is 7.54. The van der Waals surface area contributed by atoms with Crippen LogP contribution in [0.1, 0.15) is 40.0 Å². The van der Waals surface area contributed by atoms with E-state index in [0.717, 1.165) is 19.3 Å². The maximum Gasteiger partial charge on any atom is 0.333 e. The van der Waals surface area contributed by atoms with E-state index >= 15 is 0 Å². The highest BCUT2D eigenvalue weighted by Gasteiger charge is 2.15. The van der Waals surface area contributed by atoms with Crippen LogP contribution in [0.4, 0.5) is 0 Å². The Balaban J connectivity index is 4.00. The Kier molecular flexibility index (Phi) is 7.90. The Hall–Kier alpha value is -0.830. The Morgan fingerprint density at radius 3 is 2.25 bits per heavy atom. The van der Waals surface area contributed by atoms with Gasteiger partial charge in [-0.15, -0.1) is 0 Å². The molecule has 16 heavy (non-hydrogen) atoms. The molecule has 0 aromatic carbocycles. The molecular formula is C13H24O3. The van der Waals surface area contributed by atoms with E-state index in [9.17, 15) is 4.79 Å². The molecule has 0 fully saturated rings. The molecule has 0 rings (SSSR count). The molecule has 0 heterocycles. The summed E-state index contributed by atoms with van der Waals surface area (Å²) in [6, 6.07) is 0. The molecule has 3 nitrogen and oxygen atoms in total. The number of aliphatic hydroxyl groups is 1. The third-order valence-corrected chi connectivity index (χ3v) is 2.88. The van der Waals surface area contributed by atoms with Crippen molar-refractivity contribution in [3.63, 3.8) is 0 Å². The second kappa shape index (κ2) is 8.34. The summed E-state index contributed by atoms with van der Waals surface area (Å²) in [6.45, 7) is 9.96. The number of aliphatic hydroxyl groups excluding tert-OH is 1. The number of rotatable bonds is 8. The second-order valence-electron chi connectivity index (χ2n) is 4.35. The Morgan fingerprint density at radius 2 is 1.88 bits per heavy atom. The highest BCUT2D eigenvalue weighted by molar-refractivity contribution is 5.86. The summed E-state index contributed by atoms with van der Waals surface area (Å²) in [7, 11) is 0. The van der Waals surface area contributed by atoms with Crippen LogP contribution in [0.5, 0.6) is 0 Å². The first-order valence-electron chi connectivity index (χ1n) is 5.98. The van der Waals surface area contributed by atoms with Crippen molar-refractivity contribution in [2.45, 2.75) is 40.0 Å². The summed E-state index contributed by atoms with van der Waals surface area (Å²) in [5.41, 5.74) is 0.434. The fraction of sp³-hybridized carbons (Fsp3) is 0.769. The molecule has 2 unspecified atom stereocenters. The van der Waals surface area contributed by atoms with E-state index in [4.69, 9.17) is 9.84 Å². The minimum Gasteiger partial charge on any atom is -0.462 e. The average Bonchev–Trinajstić information content (AvgIpc) is 2.29. The Labute approximate surface area is 98.5 Å². The molecule has 0 spiro atoms. The van der Waals surface area contributed by atoms with Gasteiger partial charge in [-0.1, -0.05) is 33.3 Å². The van der Waals surface area contributed by atoms with Gasteiger partial charge in [0.1, 0.15) is 0 Å². The van der Waals surface area contributed by atoms with Crippen molar-refractivity contribution in [1.82, 2.24) is 0 Å². The molecule has 0 aliphatic heterocycles. The number of carbonyl (C=O) groups excluding carboxylic acids is 1. The lowest BCUT2D eigenvalue weighted by atomic mass is 9.92. The molecule has 0 aromatic heterocycles. The lowest BCUT2D eigenvalue weighted by Gasteiger charge is -2.19. The summed E-state index contributed by atoms with van der Waals surface area (Å²) in [5.74, 6) is 0.323. The number of esters is 1. The Bertz CT molecular complexity index is 219. The van der Waals surface area contributed by atoms with Crippen LogP contribution in [0.25, 0.3) is 0 Å². The maximum absolute atomic E-state index is 11.2. The van der Waals surface area contributed by atoms with E-state index < -0.39 is 0 Å². The minimum absolute atomic E-state index is 0.210. The van der Waals surface area contributed by atoms with Crippen LogP contribution in [-0.2, 0) is 9.53 Å². The Morgan fingerprint density at radius 1 is 1.31 bits per heavy atom. The number of hydrogen-bond donors (Lipinski definition) is 1. The van der Waals surface area contributed by atoms with Gasteiger partial charge in [0.25, 0.3) is 0 Å². The van der Waals surface area contributed by atoms with Crippen LogP contribution in [0.3, 0.4) is 0 Å². The largest absolute Gasteiger partial charge is 0.462 e. The van der Waals surface area contributed by atoms with E-state index in [0.29, 0.717) is 24.0 Å². The summed E-state index contributed by atoms with van der Waals surface area (Å²) in [5, 5.41) is 9.11. The van der Waals surface area contributed by atoms with Gasteiger partial charge in [-0.3, -0.25) is 0 Å². The summed E-state index contributed by atoms with van der Waals surface area (Å²) in [4.78, 5) is 11.2. The number of hydrogen-bond acceptors (Lipinski definition) is 3. The van der Waals surface area contributed by atoms with Gasteiger partial charge in [-0.25, -0.2) is 4.79 Å². The third kappa shape index (κ3) is 5.91. The smallest absolute Gasteiger partial charge is 0.333 e. The molecule has 2 atom stereocenters. The van der Waals surface area contributed by atoms with E-state index in [1.54, 1.807) is 6.92 Å². The highest BCUT2D eigenvalue weighted by atomic mass is 16.5. The van der Waals surface area contributed by atoms with Crippen molar-refractivity contribution < 1.29 is 14.6 Å². The average molecular weight is 228 g/mol. The predicted molar refractivity (Wildman–Crippen MR) is 65.0 cm³/mol. The van der Waals surface area contributed by atoms with Crippen LogP contribution in [0, 0.1) is 11.8 Å². The fourth-order valence-electron chi connectivity index (χ4n) is 1.51. The molecular weight excluding hydrogens is 204 g/mol. The summed E-state index contributed by atoms with van der Waals surface area (Å²) >= 11 is 0. The van der Waals surface area contributed by atoms with Gasteiger partial charge in [-0.2, -0.15) is 0 Å².